The summed E-state index contributed by atoms with van der Waals surface area (Å²) < 4.78 is 5.08. The van der Waals surface area contributed by atoms with E-state index in [1.807, 2.05) is 6.07 Å². The molecule has 0 spiro atoms. The lowest BCUT2D eigenvalue weighted by molar-refractivity contribution is 0.0953. The number of aromatic amines is 1. The molecule has 2 rings (SSSR count). The third kappa shape index (κ3) is 3.10. The molecule has 2 aromatic rings. The fourth-order valence-corrected chi connectivity index (χ4v) is 1.60. The van der Waals surface area contributed by atoms with E-state index in [2.05, 4.69) is 15.5 Å². The summed E-state index contributed by atoms with van der Waals surface area (Å²) in [4.78, 5) is 11.8. The van der Waals surface area contributed by atoms with E-state index >= 15 is 0 Å². The van der Waals surface area contributed by atoms with Crippen LogP contribution in [0.1, 0.15) is 16.1 Å². The Kier molecular flexibility index (Phi) is 3.96. The van der Waals surface area contributed by atoms with Crippen molar-refractivity contribution in [3.8, 4) is 5.75 Å². The second-order valence-corrected chi connectivity index (χ2v) is 3.82. The average Bonchev–Trinajstić information content (AvgIpc) is 2.92. The summed E-state index contributed by atoms with van der Waals surface area (Å²) in [5, 5.41) is 9.54. The van der Waals surface area contributed by atoms with Gasteiger partial charge in [0.25, 0.3) is 5.91 Å². The summed E-state index contributed by atoms with van der Waals surface area (Å²) in [5.41, 5.74) is 1.60. The molecule has 0 aliphatic carbocycles. The molecule has 2 N–H and O–H groups in total. The molecule has 5 heteroatoms. The number of nitrogens with one attached hydrogen (secondary N) is 2. The van der Waals surface area contributed by atoms with Crippen LogP contribution < -0.4 is 10.1 Å². The third-order valence-corrected chi connectivity index (χ3v) is 2.57. The van der Waals surface area contributed by atoms with Crippen molar-refractivity contribution >= 4 is 5.91 Å². The molecule has 0 aliphatic heterocycles. The fourth-order valence-electron chi connectivity index (χ4n) is 1.60. The zero-order chi connectivity index (χ0) is 12.8. The summed E-state index contributed by atoms with van der Waals surface area (Å²) in [6.07, 6.45) is 2.43. The Morgan fingerprint density at radius 3 is 3.06 bits per heavy atom. The Bertz CT molecular complexity index is 509. The number of carbonyl (C=O) groups excluding carboxylic acids is 1. The first-order valence-electron chi connectivity index (χ1n) is 5.70. The first kappa shape index (κ1) is 12.2. The molecule has 1 heterocycles. The molecular formula is C13H15N3O2. The topological polar surface area (TPSA) is 67.0 Å². The highest BCUT2D eigenvalue weighted by Gasteiger charge is 2.05. The molecule has 0 saturated heterocycles. The Balaban J connectivity index is 1.87. The van der Waals surface area contributed by atoms with Gasteiger partial charge in [-0.25, -0.2) is 0 Å². The predicted molar refractivity (Wildman–Crippen MR) is 67.6 cm³/mol. The number of rotatable bonds is 5. The van der Waals surface area contributed by atoms with Gasteiger partial charge in [0.05, 0.1) is 7.11 Å². The molecular weight excluding hydrogens is 230 g/mol. The van der Waals surface area contributed by atoms with Crippen LogP contribution in [-0.2, 0) is 6.42 Å². The van der Waals surface area contributed by atoms with Gasteiger partial charge in [0.2, 0.25) is 0 Å². The lowest BCUT2D eigenvalue weighted by Gasteiger charge is -2.05. The fraction of sp³-hybridized carbons (Fsp3) is 0.231. The molecule has 0 aliphatic rings. The molecule has 0 atom stereocenters. The molecule has 1 aromatic heterocycles. The summed E-state index contributed by atoms with van der Waals surface area (Å²) in [7, 11) is 1.58. The van der Waals surface area contributed by atoms with E-state index in [0.29, 0.717) is 17.9 Å². The van der Waals surface area contributed by atoms with E-state index < -0.39 is 0 Å². The van der Waals surface area contributed by atoms with Crippen LogP contribution in [0.3, 0.4) is 0 Å². The monoisotopic (exact) mass is 245 g/mol. The molecule has 1 aromatic carbocycles. The highest BCUT2D eigenvalue weighted by Crippen LogP contribution is 2.12. The number of aromatic nitrogens is 2. The SMILES string of the molecule is COc1cccc(C(=O)NCCc2ccn[nH]2)c1. The molecule has 0 unspecified atom stereocenters. The summed E-state index contributed by atoms with van der Waals surface area (Å²) >= 11 is 0. The van der Waals surface area contributed by atoms with Gasteiger partial charge in [-0.1, -0.05) is 6.07 Å². The quantitative estimate of drug-likeness (QED) is 0.836. The second kappa shape index (κ2) is 5.86. The number of ether oxygens (including phenoxy) is 1. The van der Waals surface area contributed by atoms with Crippen molar-refractivity contribution in [3.63, 3.8) is 0 Å². The summed E-state index contributed by atoms with van der Waals surface area (Å²) in [6, 6.07) is 8.96. The smallest absolute Gasteiger partial charge is 0.251 e. The van der Waals surface area contributed by atoms with Gasteiger partial charge in [-0.2, -0.15) is 5.10 Å². The second-order valence-electron chi connectivity index (χ2n) is 3.82. The lowest BCUT2D eigenvalue weighted by Crippen LogP contribution is -2.25. The summed E-state index contributed by atoms with van der Waals surface area (Å²) in [5.74, 6) is 0.574. The van der Waals surface area contributed by atoms with Crippen LogP contribution in [-0.4, -0.2) is 29.8 Å². The van der Waals surface area contributed by atoms with Gasteiger partial charge in [-0.3, -0.25) is 9.89 Å². The minimum Gasteiger partial charge on any atom is -0.497 e. The van der Waals surface area contributed by atoms with Crippen LogP contribution in [0.15, 0.2) is 36.5 Å². The molecule has 94 valence electrons. The number of amides is 1. The van der Waals surface area contributed by atoms with Crippen molar-refractivity contribution in [2.24, 2.45) is 0 Å². The maximum absolute atomic E-state index is 11.8. The van der Waals surface area contributed by atoms with Crippen molar-refractivity contribution in [2.75, 3.05) is 13.7 Å². The van der Waals surface area contributed by atoms with E-state index in [-0.39, 0.29) is 5.91 Å². The number of hydrogen-bond acceptors (Lipinski definition) is 3. The largest absolute Gasteiger partial charge is 0.497 e. The van der Waals surface area contributed by atoms with Crippen LogP contribution in [0.2, 0.25) is 0 Å². The number of nitrogens with zero attached hydrogens (tertiary/aromatic N) is 1. The zero-order valence-corrected chi connectivity index (χ0v) is 10.1. The van der Waals surface area contributed by atoms with Crippen molar-refractivity contribution in [1.82, 2.24) is 15.5 Å². The number of carbonyl (C=O) groups is 1. The van der Waals surface area contributed by atoms with Gasteiger partial charge >= 0.3 is 0 Å². The van der Waals surface area contributed by atoms with Crippen molar-refractivity contribution < 1.29 is 9.53 Å². The summed E-state index contributed by atoms with van der Waals surface area (Å²) in [6.45, 7) is 0.568. The van der Waals surface area contributed by atoms with E-state index in [1.54, 1.807) is 37.6 Å². The van der Waals surface area contributed by atoms with Gasteiger partial charge in [-0.05, 0) is 24.3 Å². The normalized spacial score (nSPS) is 10.1. The minimum atomic E-state index is -0.103. The Labute approximate surface area is 105 Å². The highest BCUT2D eigenvalue weighted by molar-refractivity contribution is 5.94. The van der Waals surface area contributed by atoms with Gasteiger partial charge < -0.3 is 10.1 Å². The van der Waals surface area contributed by atoms with E-state index in [4.69, 9.17) is 4.74 Å². The van der Waals surface area contributed by atoms with Gasteiger partial charge in [0.15, 0.2) is 0 Å². The van der Waals surface area contributed by atoms with E-state index in [9.17, 15) is 4.79 Å². The molecule has 0 radical (unpaired) electrons. The number of methoxy groups -OCH3 is 1. The highest BCUT2D eigenvalue weighted by atomic mass is 16.5. The van der Waals surface area contributed by atoms with Crippen molar-refractivity contribution in [3.05, 3.63) is 47.8 Å². The van der Waals surface area contributed by atoms with E-state index in [1.165, 1.54) is 0 Å². The van der Waals surface area contributed by atoms with E-state index in [0.717, 1.165) is 12.1 Å². The molecule has 5 nitrogen and oxygen atoms in total. The first-order valence-corrected chi connectivity index (χ1v) is 5.70. The number of H-pyrrole nitrogens is 1. The first-order chi connectivity index (χ1) is 8.79. The van der Waals surface area contributed by atoms with Crippen LogP contribution >= 0.6 is 0 Å². The number of hydrogen-bond donors (Lipinski definition) is 2. The van der Waals surface area contributed by atoms with Crippen LogP contribution in [0, 0.1) is 0 Å². The average molecular weight is 245 g/mol. The van der Waals surface area contributed by atoms with Gasteiger partial charge in [0.1, 0.15) is 5.75 Å². The molecule has 1 amide bonds. The minimum absolute atomic E-state index is 0.103. The Morgan fingerprint density at radius 1 is 1.44 bits per heavy atom. The van der Waals surface area contributed by atoms with Crippen LogP contribution in [0.5, 0.6) is 5.75 Å². The molecule has 0 fully saturated rings. The van der Waals surface area contributed by atoms with Crippen LogP contribution in [0.25, 0.3) is 0 Å². The number of benzene rings is 1. The van der Waals surface area contributed by atoms with Gasteiger partial charge in [-0.15, -0.1) is 0 Å². The van der Waals surface area contributed by atoms with Crippen LogP contribution in [0.4, 0.5) is 0 Å². The zero-order valence-electron chi connectivity index (χ0n) is 10.1. The maximum Gasteiger partial charge on any atom is 0.251 e. The Hall–Kier alpha value is -2.30. The molecule has 0 saturated carbocycles. The third-order valence-electron chi connectivity index (χ3n) is 2.57. The predicted octanol–water partition coefficient (Wildman–Crippen LogP) is 1.39. The van der Waals surface area contributed by atoms with Crippen molar-refractivity contribution in [1.29, 1.82) is 0 Å². The molecule has 18 heavy (non-hydrogen) atoms. The van der Waals surface area contributed by atoms with Gasteiger partial charge in [0, 0.05) is 30.4 Å². The lowest BCUT2D eigenvalue weighted by atomic mass is 10.2. The molecule has 0 bridgehead atoms. The standard InChI is InChI=1S/C13H15N3O2/c1-18-12-4-2-3-10(9-12)13(17)14-7-5-11-6-8-15-16-11/h2-4,6,8-9H,5,7H2,1H3,(H,14,17)(H,15,16). The Morgan fingerprint density at radius 2 is 2.33 bits per heavy atom. The maximum atomic E-state index is 11.8. The van der Waals surface area contributed by atoms with Crippen molar-refractivity contribution in [2.45, 2.75) is 6.42 Å².